The van der Waals surface area contributed by atoms with Crippen molar-refractivity contribution < 1.29 is 9.53 Å². The van der Waals surface area contributed by atoms with Crippen LogP contribution in [0.5, 0.6) is 0 Å². The Balaban J connectivity index is 2.00. The Bertz CT molecular complexity index is 512. The van der Waals surface area contributed by atoms with Crippen LogP contribution >= 0.6 is 0 Å². The molecule has 1 amide bonds. The minimum absolute atomic E-state index is 0.241. The Hall–Kier alpha value is -1.84. The molecule has 0 N–H and O–H groups in total. The number of aromatic nitrogens is 1. The van der Waals surface area contributed by atoms with Gasteiger partial charge < -0.3 is 9.64 Å². The minimum Gasteiger partial charge on any atom is -0.444 e. The van der Waals surface area contributed by atoms with E-state index in [9.17, 15) is 4.79 Å². The van der Waals surface area contributed by atoms with Crippen LogP contribution in [0.1, 0.15) is 38.4 Å². The number of carbonyl (C=O) groups excluding carboxylic acids is 1. The van der Waals surface area contributed by atoms with Crippen LogP contribution in [0.4, 0.5) is 4.79 Å². The number of nitrogens with zero attached hydrogens (tertiary/aromatic N) is 2. The Morgan fingerprint density at radius 3 is 2.60 bits per heavy atom. The highest BCUT2D eigenvalue weighted by atomic mass is 16.6. The summed E-state index contributed by atoms with van der Waals surface area (Å²) in [4.78, 5) is 18.0. The van der Waals surface area contributed by atoms with Gasteiger partial charge in [0.2, 0.25) is 0 Å². The summed E-state index contributed by atoms with van der Waals surface area (Å²) in [5.41, 5.74) is 2.96. The summed E-state index contributed by atoms with van der Waals surface area (Å²) >= 11 is 0. The maximum Gasteiger partial charge on any atom is 0.410 e. The van der Waals surface area contributed by atoms with Gasteiger partial charge in [-0.1, -0.05) is 12.1 Å². The van der Waals surface area contributed by atoms with E-state index in [1.165, 1.54) is 5.57 Å². The molecule has 1 aromatic rings. The monoisotopic (exact) mass is 274 g/mol. The summed E-state index contributed by atoms with van der Waals surface area (Å²) in [7, 11) is 0. The Morgan fingerprint density at radius 2 is 2.10 bits per heavy atom. The first-order valence-electron chi connectivity index (χ1n) is 6.95. The van der Waals surface area contributed by atoms with Crippen molar-refractivity contribution in [2.45, 2.75) is 39.7 Å². The van der Waals surface area contributed by atoms with Crippen LogP contribution in [0.15, 0.2) is 24.4 Å². The van der Waals surface area contributed by atoms with Crippen molar-refractivity contribution in [2.75, 3.05) is 13.1 Å². The van der Waals surface area contributed by atoms with Crippen LogP contribution in [-0.2, 0) is 4.74 Å². The molecule has 2 rings (SSSR count). The van der Waals surface area contributed by atoms with Crippen LogP contribution in [0.25, 0.3) is 5.57 Å². The highest BCUT2D eigenvalue weighted by Gasteiger charge is 2.23. The fourth-order valence-corrected chi connectivity index (χ4v) is 2.08. The molecule has 2 heterocycles. The zero-order valence-electron chi connectivity index (χ0n) is 12.6. The topological polar surface area (TPSA) is 42.4 Å². The van der Waals surface area contributed by atoms with Crippen molar-refractivity contribution in [1.29, 1.82) is 0 Å². The Morgan fingerprint density at radius 1 is 1.35 bits per heavy atom. The van der Waals surface area contributed by atoms with Crippen molar-refractivity contribution in [3.63, 3.8) is 0 Å². The van der Waals surface area contributed by atoms with Crippen LogP contribution < -0.4 is 0 Å². The summed E-state index contributed by atoms with van der Waals surface area (Å²) in [6, 6.07) is 4.09. The maximum absolute atomic E-state index is 12.0. The molecule has 0 aliphatic carbocycles. The number of amides is 1. The fourth-order valence-electron chi connectivity index (χ4n) is 2.08. The van der Waals surface area contributed by atoms with Crippen molar-refractivity contribution in [3.05, 3.63) is 35.7 Å². The molecular weight excluding hydrogens is 252 g/mol. The molecule has 1 aliphatic heterocycles. The van der Waals surface area contributed by atoms with Gasteiger partial charge in [-0.2, -0.15) is 0 Å². The lowest BCUT2D eigenvalue weighted by molar-refractivity contribution is 0.0270. The van der Waals surface area contributed by atoms with E-state index in [4.69, 9.17) is 4.74 Å². The number of aryl methyl sites for hydroxylation is 1. The van der Waals surface area contributed by atoms with Crippen LogP contribution in [0, 0.1) is 6.92 Å². The molecule has 0 radical (unpaired) electrons. The number of ether oxygens (including phenoxy) is 1. The third-order valence-corrected chi connectivity index (χ3v) is 3.14. The van der Waals surface area contributed by atoms with Crippen LogP contribution in [0.2, 0.25) is 0 Å². The van der Waals surface area contributed by atoms with Crippen molar-refractivity contribution in [3.8, 4) is 0 Å². The van der Waals surface area contributed by atoms with E-state index < -0.39 is 5.60 Å². The average molecular weight is 274 g/mol. The molecule has 0 saturated carbocycles. The summed E-state index contributed by atoms with van der Waals surface area (Å²) in [6.07, 6.45) is 4.57. The predicted molar refractivity (Wildman–Crippen MR) is 79.4 cm³/mol. The fraction of sp³-hybridized carbons (Fsp3) is 0.500. The molecule has 0 atom stereocenters. The van der Waals surface area contributed by atoms with E-state index in [0.29, 0.717) is 13.1 Å². The molecule has 20 heavy (non-hydrogen) atoms. The number of hydrogen-bond donors (Lipinski definition) is 0. The standard InChI is InChI=1S/C16H22N2O2/c1-12-5-6-14(11-17-12)13-7-9-18(10-8-13)15(19)20-16(2,3)4/h5-7,11H,8-10H2,1-4H3. The molecule has 108 valence electrons. The highest BCUT2D eigenvalue weighted by Crippen LogP contribution is 2.22. The molecule has 1 aromatic heterocycles. The Labute approximate surface area is 120 Å². The molecule has 0 unspecified atom stereocenters. The van der Waals surface area contributed by atoms with Gasteiger partial charge in [0.05, 0.1) is 0 Å². The SMILES string of the molecule is Cc1ccc(C2=CCN(C(=O)OC(C)(C)C)CC2)cn1. The third kappa shape index (κ3) is 3.83. The number of rotatable bonds is 1. The van der Waals surface area contributed by atoms with E-state index in [-0.39, 0.29) is 6.09 Å². The van der Waals surface area contributed by atoms with Gasteiger partial charge in [0.1, 0.15) is 5.60 Å². The predicted octanol–water partition coefficient (Wildman–Crippen LogP) is 3.41. The second-order valence-corrected chi connectivity index (χ2v) is 6.09. The van der Waals surface area contributed by atoms with Gasteiger partial charge in [0.25, 0.3) is 0 Å². The van der Waals surface area contributed by atoms with Gasteiger partial charge in [0.15, 0.2) is 0 Å². The number of hydrogen-bond acceptors (Lipinski definition) is 3. The zero-order valence-corrected chi connectivity index (χ0v) is 12.6. The normalized spacial score (nSPS) is 15.8. The lowest BCUT2D eigenvalue weighted by Crippen LogP contribution is -2.39. The van der Waals surface area contributed by atoms with Crippen LogP contribution in [-0.4, -0.2) is 34.7 Å². The van der Waals surface area contributed by atoms with Gasteiger partial charge in [-0.05, 0) is 51.3 Å². The van der Waals surface area contributed by atoms with Gasteiger partial charge in [-0.25, -0.2) is 4.79 Å². The minimum atomic E-state index is -0.443. The van der Waals surface area contributed by atoms with Crippen molar-refractivity contribution in [1.82, 2.24) is 9.88 Å². The lowest BCUT2D eigenvalue weighted by atomic mass is 10.0. The summed E-state index contributed by atoms with van der Waals surface area (Å²) in [5.74, 6) is 0. The van der Waals surface area contributed by atoms with E-state index in [0.717, 1.165) is 17.7 Å². The largest absolute Gasteiger partial charge is 0.444 e. The zero-order chi connectivity index (χ0) is 14.8. The van der Waals surface area contributed by atoms with E-state index in [2.05, 4.69) is 17.1 Å². The highest BCUT2D eigenvalue weighted by molar-refractivity contribution is 5.72. The van der Waals surface area contributed by atoms with Gasteiger partial charge >= 0.3 is 6.09 Å². The second kappa shape index (κ2) is 5.65. The smallest absolute Gasteiger partial charge is 0.410 e. The summed E-state index contributed by atoms with van der Waals surface area (Å²) in [6.45, 7) is 8.91. The Kier molecular flexibility index (Phi) is 4.12. The molecule has 0 fully saturated rings. The molecule has 4 heteroatoms. The summed E-state index contributed by atoms with van der Waals surface area (Å²) in [5, 5.41) is 0. The molecule has 1 aliphatic rings. The molecule has 4 nitrogen and oxygen atoms in total. The van der Waals surface area contributed by atoms with Gasteiger partial charge in [-0.15, -0.1) is 0 Å². The van der Waals surface area contributed by atoms with Gasteiger partial charge in [0, 0.05) is 25.0 Å². The lowest BCUT2D eigenvalue weighted by Gasteiger charge is -2.29. The number of pyridine rings is 1. The molecular formula is C16H22N2O2. The molecule has 0 saturated heterocycles. The maximum atomic E-state index is 12.0. The van der Waals surface area contributed by atoms with Crippen molar-refractivity contribution >= 4 is 11.7 Å². The third-order valence-electron chi connectivity index (χ3n) is 3.14. The van der Waals surface area contributed by atoms with E-state index in [1.807, 2.05) is 40.0 Å². The molecule has 0 aromatic carbocycles. The molecule has 0 spiro atoms. The van der Waals surface area contributed by atoms with Crippen molar-refractivity contribution in [2.24, 2.45) is 0 Å². The van der Waals surface area contributed by atoms with Crippen LogP contribution in [0.3, 0.4) is 0 Å². The van der Waals surface area contributed by atoms with E-state index in [1.54, 1.807) is 4.90 Å². The van der Waals surface area contributed by atoms with Gasteiger partial charge in [-0.3, -0.25) is 4.98 Å². The quantitative estimate of drug-likeness (QED) is 0.788. The first kappa shape index (κ1) is 14.6. The average Bonchev–Trinajstić information content (AvgIpc) is 2.38. The summed E-state index contributed by atoms with van der Waals surface area (Å²) < 4.78 is 5.38. The molecule has 0 bridgehead atoms. The van der Waals surface area contributed by atoms with E-state index >= 15 is 0 Å². The number of carbonyl (C=O) groups is 1. The first-order valence-corrected chi connectivity index (χ1v) is 6.95. The second-order valence-electron chi connectivity index (χ2n) is 6.09. The first-order chi connectivity index (χ1) is 9.35.